The Hall–Kier alpha value is -3.43. The molecule has 0 aliphatic heterocycles. The molecular weight excluding hydrogens is 416 g/mol. The van der Waals surface area contributed by atoms with Crippen LogP contribution in [0, 0.1) is 0 Å². The third-order valence-corrected chi connectivity index (χ3v) is 5.09. The number of likely N-dealkylation sites (N-methyl/N-ethyl adjacent to an activating group) is 1. The number of nitrogens with one attached hydrogen (secondary N) is 2. The van der Waals surface area contributed by atoms with Crippen molar-refractivity contribution in [2.75, 3.05) is 45.0 Å². The van der Waals surface area contributed by atoms with Crippen molar-refractivity contribution in [1.29, 1.82) is 0 Å². The van der Waals surface area contributed by atoms with Crippen molar-refractivity contribution in [2.45, 2.75) is 0 Å². The predicted octanol–water partition coefficient (Wildman–Crippen LogP) is 3.34. The Labute approximate surface area is 184 Å². The number of carbonyl (C=O) groups excluding carboxylic acids is 2. The number of anilines is 2. The molecule has 9 heteroatoms. The molecule has 0 spiro atoms. The minimum absolute atomic E-state index is 0.0630. The van der Waals surface area contributed by atoms with Gasteiger partial charge in [0.1, 0.15) is 11.5 Å². The zero-order valence-corrected chi connectivity index (χ0v) is 18.4. The SMILES string of the molecule is COc1ccc(NC(=O)CN(C)CC(=O)Nc2nc(-c3ccc(OC)cc3)cs2)cc1. The van der Waals surface area contributed by atoms with E-state index in [0.717, 1.165) is 17.0 Å². The topological polar surface area (TPSA) is 92.8 Å². The molecule has 2 N–H and O–H groups in total. The summed E-state index contributed by atoms with van der Waals surface area (Å²) >= 11 is 1.35. The first-order chi connectivity index (χ1) is 15.0. The highest BCUT2D eigenvalue weighted by Gasteiger charge is 2.13. The third-order valence-electron chi connectivity index (χ3n) is 4.34. The molecule has 1 aromatic heterocycles. The smallest absolute Gasteiger partial charge is 0.240 e. The predicted molar refractivity (Wildman–Crippen MR) is 122 cm³/mol. The number of hydrogen-bond acceptors (Lipinski definition) is 7. The molecule has 8 nitrogen and oxygen atoms in total. The molecule has 0 unspecified atom stereocenters. The average Bonchev–Trinajstić information content (AvgIpc) is 3.22. The molecular formula is C22H24N4O4S. The molecule has 0 radical (unpaired) electrons. The van der Waals surface area contributed by atoms with Crippen molar-refractivity contribution in [3.63, 3.8) is 0 Å². The summed E-state index contributed by atoms with van der Waals surface area (Å²) in [5.74, 6) is 1.03. The van der Waals surface area contributed by atoms with Crippen LogP contribution in [0.1, 0.15) is 0 Å². The standard InChI is InChI=1S/C22H24N4O4S/c1-26(12-20(27)23-16-6-10-18(30-3)11-7-16)13-21(28)25-22-24-19(14-31-22)15-4-8-17(29-2)9-5-15/h4-11,14H,12-13H2,1-3H3,(H,23,27)(H,24,25,28). The second-order valence-corrected chi connectivity index (χ2v) is 7.62. The van der Waals surface area contributed by atoms with E-state index in [4.69, 9.17) is 9.47 Å². The van der Waals surface area contributed by atoms with Crippen LogP contribution >= 0.6 is 11.3 Å². The monoisotopic (exact) mass is 440 g/mol. The van der Waals surface area contributed by atoms with Gasteiger partial charge >= 0.3 is 0 Å². The molecule has 1 heterocycles. The van der Waals surface area contributed by atoms with Gasteiger partial charge in [0.25, 0.3) is 0 Å². The molecule has 2 aromatic carbocycles. The van der Waals surface area contributed by atoms with E-state index in [1.54, 1.807) is 50.4 Å². The third kappa shape index (κ3) is 6.53. The molecule has 0 saturated carbocycles. The van der Waals surface area contributed by atoms with Gasteiger partial charge in [-0.15, -0.1) is 11.3 Å². The first kappa shape index (κ1) is 22.3. The van der Waals surface area contributed by atoms with Gasteiger partial charge in [-0.3, -0.25) is 14.5 Å². The highest BCUT2D eigenvalue weighted by atomic mass is 32.1. The molecule has 2 amide bonds. The van der Waals surface area contributed by atoms with Crippen LogP contribution in [0.25, 0.3) is 11.3 Å². The Bertz CT molecular complexity index is 1020. The van der Waals surface area contributed by atoms with Gasteiger partial charge in [0.15, 0.2) is 5.13 Å². The maximum atomic E-state index is 12.3. The van der Waals surface area contributed by atoms with Crippen LogP contribution < -0.4 is 20.1 Å². The zero-order chi connectivity index (χ0) is 22.2. The van der Waals surface area contributed by atoms with Crippen LogP contribution in [0.4, 0.5) is 10.8 Å². The molecule has 0 atom stereocenters. The lowest BCUT2D eigenvalue weighted by Gasteiger charge is -2.15. The van der Waals surface area contributed by atoms with Gasteiger partial charge in [-0.25, -0.2) is 4.98 Å². The van der Waals surface area contributed by atoms with E-state index < -0.39 is 0 Å². The van der Waals surface area contributed by atoms with E-state index in [1.165, 1.54) is 11.3 Å². The Morgan fingerprint density at radius 2 is 1.45 bits per heavy atom. The molecule has 3 aromatic rings. The summed E-state index contributed by atoms with van der Waals surface area (Å²) in [4.78, 5) is 30.6. The van der Waals surface area contributed by atoms with Crippen molar-refractivity contribution in [3.05, 3.63) is 53.9 Å². The van der Waals surface area contributed by atoms with E-state index in [0.29, 0.717) is 16.6 Å². The fourth-order valence-electron chi connectivity index (χ4n) is 2.81. The minimum Gasteiger partial charge on any atom is -0.497 e. The molecule has 162 valence electrons. The van der Waals surface area contributed by atoms with Crippen molar-refractivity contribution in [2.24, 2.45) is 0 Å². The number of aromatic nitrogens is 1. The fourth-order valence-corrected chi connectivity index (χ4v) is 3.54. The summed E-state index contributed by atoms with van der Waals surface area (Å²) in [7, 11) is 4.90. The van der Waals surface area contributed by atoms with Gasteiger partial charge in [-0.2, -0.15) is 0 Å². The largest absolute Gasteiger partial charge is 0.497 e. The van der Waals surface area contributed by atoms with Crippen LogP contribution in [0.15, 0.2) is 53.9 Å². The van der Waals surface area contributed by atoms with Gasteiger partial charge in [0, 0.05) is 16.6 Å². The summed E-state index contributed by atoms with van der Waals surface area (Å²) in [5.41, 5.74) is 2.37. The van der Waals surface area contributed by atoms with Crippen molar-refractivity contribution >= 4 is 34.0 Å². The number of ether oxygens (including phenoxy) is 2. The fraction of sp³-hybridized carbons (Fsp3) is 0.227. The number of methoxy groups -OCH3 is 2. The van der Waals surface area contributed by atoms with E-state index in [2.05, 4.69) is 15.6 Å². The van der Waals surface area contributed by atoms with Crippen molar-refractivity contribution in [1.82, 2.24) is 9.88 Å². The van der Waals surface area contributed by atoms with Gasteiger partial charge in [0.05, 0.1) is 33.0 Å². The van der Waals surface area contributed by atoms with E-state index in [9.17, 15) is 9.59 Å². The molecule has 31 heavy (non-hydrogen) atoms. The molecule has 0 saturated heterocycles. The first-order valence-electron chi connectivity index (χ1n) is 9.49. The van der Waals surface area contributed by atoms with Crippen LogP contribution in [0.2, 0.25) is 0 Å². The Kier molecular flexibility index (Phi) is 7.58. The van der Waals surface area contributed by atoms with Gasteiger partial charge < -0.3 is 20.1 Å². The van der Waals surface area contributed by atoms with Crippen LogP contribution in [0.3, 0.4) is 0 Å². The normalized spacial score (nSPS) is 10.6. The summed E-state index contributed by atoms with van der Waals surface area (Å²) in [6, 6.07) is 14.6. The number of rotatable bonds is 9. The number of benzene rings is 2. The number of thiazole rings is 1. The molecule has 0 bridgehead atoms. The number of amides is 2. The molecule has 3 rings (SSSR count). The number of carbonyl (C=O) groups is 2. The van der Waals surface area contributed by atoms with E-state index >= 15 is 0 Å². The highest BCUT2D eigenvalue weighted by molar-refractivity contribution is 7.14. The highest BCUT2D eigenvalue weighted by Crippen LogP contribution is 2.26. The van der Waals surface area contributed by atoms with Crippen LogP contribution in [0.5, 0.6) is 11.5 Å². The Balaban J connectivity index is 1.47. The summed E-state index contributed by atoms with van der Waals surface area (Å²) in [6.07, 6.45) is 0. The number of hydrogen-bond donors (Lipinski definition) is 2. The van der Waals surface area contributed by atoms with Crippen molar-refractivity contribution < 1.29 is 19.1 Å². The lowest BCUT2D eigenvalue weighted by Crippen LogP contribution is -2.36. The van der Waals surface area contributed by atoms with Gasteiger partial charge in [-0.05, 0) is 55.6 Å². The summed E-state index contributed by atoms with van der Waals surface area (Å²) in [6.45, 7) is 0.141. The second kappa shape index (κ2) is 10.6. The lowest BCUT2D eigenvalue weighted by molar-refractivity contribution is -0.119. The lowest BCUT2D eigenvalue weighted by atomic mass is 10.2. The summed E-state index contributed by atoms with van der Waals surface area (Å²) < 4.78 is 10.2. The quantitative estimate of drug-likeness (QED) is 0.530. The Morgan fingerprint density at radius 3 is 2.03 bits per heavy atom. The van der Waals surface area contributed by atoms with Crippen LogP contribution in [-0.4, -0.2) is 56.1 Å². The van der Waals surface area contributed by atoms with E-state index in [1.807, 2.05) is 29.6 Å². The molecule has 0 fully saturated rings. The van der Waals surface area contributed by atoms with Crippen molar-refractivity contribution in [3.8, 4) is 22.8 Å². The maximum Gasteiger partial charge on any atom is 0.240 e. The summed E-state index contributed by atoms with van der Waals surface area (Å²) in [5, 5.41) is 7.95. The maximum absolute atomic E-state index is 12.3. The first-order valence-corrected chi connectivity index (χ1v) is 10.4. The molecule has 0 aliphatic rings. The zero-order valence-electron chi connectivity index (χ0n) is 17.5. The minimum atomic E-state index is -0.240. The van der Waals surface area contributed by atoms with Gasteiger partial charge in [0.2, 0.25) is 11.8 Å². The Morgan fingerprint density at radius 1 is 0.903 bits per heavy atom. The van der Waals surface area contributed by atoms with E-state index in [-0.39, 0.29) is 24.9 Å². The molecule has 0 aliphatic carbocycles. The second-order valence-electron chi connectivity index (χ2n) is 6.76. The van der Waals surface area contributed by atoms with Crippen LogP contribution in [-0.2, 0) is 9.59 Å². The average molecular weight is 441 g/mol. The number of nitrogens with zero attached hydrogens (tertiary/aromatic N) is 2. The van der Waals surface area contributed by atoms with Gasteiger partial charge in [-0.1, -0.05) is 0 Å².